The highest BCUT2D eigenvalue weighted by molar-refractivity contribution is 7.92. The average molecular weight is 610 g/mol. The Balaban J connectivity index is 2.11. The number of hydrogen-bond donors (Lipinski definition) is 1. The lowest BCUT2D eigenvalue weighted by molar-refractivity contribution is -0.139. The fourth-order valence-corrected chi connectivity index (χ4v) is 5.66. The normalized spacial score (nSPS) is 13.2. The summed E-state index contributed by atoms with van der Waals surface area (Å²) in [6.07, 6.45) is -4.16. The lowest BCUT2D eigenvalue weighted by atomic mass is 10.1. The zero-order chi connectivity index (χ0) is 30.4. The largest absolute Gasteiger partial charge is 0.416 e. The summed E-state index contributed by atoms with van der Waals surface area (Å²) in [6, 6.07) is 16.8. The van der Waals surface area contributed by atoms with Crippen molar-refractivity contribution >= 4 is 39.1 Å². The van der Waals surface area contributed by atoms with Gasteiger partial charge >= 0.3 is 6.18 Å². The van der Waals surface area contributed by atoms with E-state index in [-0.39, 0.29) is 22.5 Å². The van der Waals surface area contributed by atoms with Crippen molar-refractivity contribution in [3.63, 3.8) is 0 Å². The van der Waals surface area contributed by atoms with E-state index in [0.717, 1.165) is 12.1 Å². The monoisotopic (exact) mass is 609 g/mol. The maximum absolute atomic E-state index is 13.9. The second-order valence-corrected chi connectivity index (χ2v) is 11.8. The van der Waals surface area contributed by atoms with Gasteiger partial charge in [0.2, 0.25) is 11.8 Å². The standard InChI is InChI=1S/C29H31ClF3N3O4S/c1-4-20(2)34-28(38)21(3)35(18-22-11-7-5-8-12-22)27(37)19-36(41(39,40)24-13-9-6-10-14-24)26-17-23(29(31,32)33)15-16-25(26)30/h5-17,20-21H,4,18-19H2,1-3H3,(H,34,38)/t20-,21-/m1/s1. The number of nitrogens with zero attached hydrogens (tertiary/aromatic N) is 2. The Morgan fingerprint density at radius 3 is 2.10 bits per heavy atom. The molecule has 2 atom stereocenters. The molecule has 0 aliphatic rings. The number of benzene rings is 3. The summed E-state index contributed by atoms with van der Waals surface area (Å²) in [7, 11) is -4.58. The Morgan fingerprint density at radius 1 is 0.951 bits per heavy atom. The van der Waals surface area contributed by atoms with Crippen LogP contribution in [0, 0.1) is 0 Å². The number of sulfonamides is 1. The molecule has 41 heavy (non-hydrogen) atoms. The average Bonchev–Trinajstić information content (AvgIpc) is 2.94. The van der Waals surface area contributed by atoms with E-state index in [4.69, 9.17) is 11.6 Å². The number of alkyl halides is 3. The molecule has 7 nitrogen and oxygen atoms in total. The van der Waals surface area contributed by atoms with Crippen molar-refractivity contribution in [1.29, 1.82) is 0 Å². The predicted molar refractivity (Wildman–Crippen MR) is 152 cm³/mol. The maximum atomic E-state index is 13.9. The van der Waals surface area contributed by atoms with Crippen LogP contribution in [0.3, 0.4) is 0 Å². The molecule has 0 aliphatic carbocycles. The van der Waals surface area contributed by atoms with Crippen molar-refractivity contribution in [2.24, 2.45) is 0 Å². The van der Waals surface area contributed by atoms with Gasteiger partial charge in [0.05, 0.1) is 21.2 Å². The number of nitrogens with one attached hydrogen (secondary N) is 1. The minimum absolute atomic E-state index is 0.0513. The Hall–Kier alpha value is -3.57. The van der Waals surface area contributed by atoms with Crippen LogP contribution >= 0.6 is 11.6 Å². The molecule has 0 fully saturated rings. The maximum Gasteiger partial charge on any atom is 0.416 e. The van der Waals surface area contributed by atoms with Crippen molar-refractivity contribution in [3.05, 3.63) is 95.0 Å². The van der Waals surface area contributed by atoms with Crippen LogP contribution in [-0.4, -0.2) is 43.8 Å². The molecule has 0 bridgehead atoms. The van der Waals surface area contributed by atoms with Gasteiger partial charge in [0.1, 0.15) is 12.6 Å². The first kappa shape index (κ1) is 32.0. The van der Waals surface area contributed by atoms with Gasteiger partial charge in [-0.15, -0.1) is 0 Å². The van der Waals surface area contributed by atoms with Gasteiger partial charge in [-0.05, 0) is 56.2 Å². The molecule has 0 heterocycles. The first-order valence-corrected chi connectivity index (χ1v) is 14.7. The Bertz CT molecular complexity index is 1460. The number of anilines is 1. The van der Waals surface area contributed by atoms with E-state index in [0.29, 0.717) is 22.4 Å². The minimum Gasteiger partial charge on any atom is -0.352 e. The number of halogens is 4. The van der Waals surface area contributed by atoms with Crippen LogP contribution in [0.25, 0.3) is 0 Å². The molecule has 1 N–H and O–H groups in total. The van der Waals surface area contributed by atoms with Crippen LogP contribution in [0.5, 0.6) is 0 Å². The second kappa shape index (κ2) is 13.4. The van der Waals surface area contributed by atoms with Crippen LogP contribution in [0.4, 0.5) is 18.9 Å². The topological polar surface area (TPSA) is 86.8 Å². The van der Waals surface area contributed by atoms with Gasteiger partial charge in [-0.1, -0.05) is 67.1 Å². The Labute approximate surface area is 243 Å². The molecule has 2 amide bonds. The van der Waals surface area contributed by atoms with E-state index in [1.54, 1.807) is 43.3 Å². The molecule has 3 aromatic carbocycles. The van der Waals surface area contributed by atoms with Gasteiger partial charge in [0.15, 0.2) is 0 Å². The predicted octanol–water partition coefficient (Wildman–Crippen LogP) is 5.89. The number of carbonyl (C=O) groups excluding carboxylic acids is 2. The zero-order valence-corrected chi connectivity index (χ0v) is 24.3. The smallest absolute Gasteiger partial charge is 0.352 e. The van der Waals surface area contributed by atoms with Crippen molar-refractivity contribution in [3.8, 4) is 0 Å². The molecule has 220 valence electrons. The summed E-state index contributed by atoms with van der Waals surface area (Å²) >= 11 is 6.25. The van der Waals surface area contributed by atoms with Crippen molar-refractivity contribution in [2.45, 2.75) is 56.9 Å². The molecule has 0 unspecified atom stereocenters. The van der Waals surface area contributed by atoms with Crippen LogP contribution in [0.15, 0.2) is 83.8 Å². The molecule has 0 aromatic heterocycles. The third kappa shape index (κ3) is 8.01. The van der Waals surface area contributed by atoms with Crippen LogP contribution in [0.1, 0.15) is 38.3 Å². The first-order chi connectivity index (χ1) is 19.3. The third-order valence-corrected chi connectivity index (χ3v) is 8.61. The summed E-state index contributed by atoms with van der Waals surface area (Å²) in [5.41, 5.74) is -0.992. The molecular weight excluding hydrogens is 579 g/mol. The zero-order valence-electron chi connectivity index (χ0n) is 22.7. The highest BCUT2D eigenvalue weighted by Crippen LogP contribution is 2.37. The van der Waals surface area contributed by atoms with Gasteiger partial charge < -0.3 is 10.2 Å². The number of rotatable bonds is 11. The van der Waals surface area contributed by atoms with Gasteiger partial charge in [0, 0.05) is 12.6 Å². The highest BCUT2D eigenvalue weighted by Gasteiger charge is 2.36. The molecule has 3 aromatic rings. The summed E-state index contributed by atoms with van der Waals surface area (Å²) in [4.78, 5) is 27.9. The van der Waals surface area contributed by atoms with Crippen molar-refractivity contribution in [2.75, 3.05) is 10.8 Å². The molecular formula is C29H31ClF3N3O4S. The van der Waals surface area contributed by atoms with E-state index in [1.165, 1.54) is 36.1 Å². The molecule has 0 aliphatic heterocycles. The fraction of sp³-hybridized carbons (Fsp3) is 0.310. The number of amides is 2. The van der Waals surface area contributed by atoms with Gasteiger partial charge in [-0.3, -0.25) is 13.9 Å². The fourth-order valence-electron chi connectivity index (χ4n) is 3.94. The summed E-state index contributed by atoms with van der Waals surface area (Å²) in [6.45, 7) is 4.23. The highest BCUT2D eigenvalue weighted by atomic mass is 35.5. The number of hydrogen-bond acceptors (Lipinski definition) is 4. The van der Waals surface area contributed by atoms with E-state index in [1.807, 2.05) is 6.92 Å². The molecule has 0 saturated carbocycles. The van der Waals surface area contributed by atoms with Gasteiger partial charge in [0.25, 0.3) is 10.0 Å². The van der Waals surface area contributed by atoms with Gasteiger partial charge in [-0.25, -0.2) is 8.42 Å². The van der Waals surface area contributed by atoms with E-state index in [2.05, 4.69) is 5.32 Å². The summed E-state index contributed by atoms with van der Waals surface area (Å²) < 4.78 is 69.0. The second-order valence-electron chi connectivity index (χ2n) is 9.49. The molecule has 0 saturated heterocycles. The lowest BCUT2D eigenvalue weighted by Gasteiger charge is -2.32. The Morgan fingerprint density at radius 2 is 1.54 bits per heavy atom. The molecule has 3 rings (SSSR count). The Kier molecular flexibility index (Phi) is 10.4. The van der Waals surface area contributed by atoms with Gasteiger partial charge in [-0.2, -0.15) is 13.2 Å². The summed E-state index contributed by atoms with van der Waals surface area (Å²) in [5, 5.41) is 2.51. The van der Waals surface area contributed by atoms with E-state index < -0.39 is 51.9 Å². The van der Waals surface area contributed by atoms with Crippen molar-refractivity contribution in [1.82, 2.24) is 10.2 Å². The SMILES string of the molecule is CC[C@@H](C)NC(=O)[C@@H](C)N(Cc1ccccc1)C(=O)CN(c1cc(C(F)(F)F)ccc1Cl)S(=O)(=O)c1ccccc1. The van der Waals surface area contributed by atoms with Crippen molar-refractivity contribution < 1.29 is 31.2 Å². The van der Waals surface area contributed by atoms with E-state index in [9.17, 15) is 31.2 Å². The minimum atomic E-state index is -4.80. The lowest BCUT2D eigenvalue weighted by Crippen LogP contribution is -2.52. The molecule has 12 heteroatoms. The quantitative estimate of drug-likeness (QED) is 0.294. The van der Waals surface area contributed by atoms with Crippen LogP contribution in [-0.2, 0) is 32.3 Å². The third-order valence-electron chi connectivity index (χ3n) is 6.52. The summed E-state index contributed by atoms with van der Waals surface area (Å²) in [5.74, 6) is -1.27. The van der Waals surface area contributed by atoms with Crippen LogP contribution in [0.2, 0.25) is 5.02 Å². The molecule has 0 spiro atoms. The first-order valence-electron chi connectivity index (χ1n) is 12.8. The van der Waals surface area contributed by atoms with E-state index >= 15 is 0 Å². The molecule has 0 radical (unpaired) electrons. The van der Waals surface area contributed by atoms with Crippen LogP contribution < -0.4 is 9.62 Å². The number of carbonyl (C=O) groups is 2.